The maximum absolute atomic E-state index is 13.8. The van der Waals surface area contributed by atoms with Crippen molar-refractivity contribution in [3.8, 4) is 22.6 Å². The molecule has 0 unspecified atom stereocenters. The summed E-state index contributed by atoms with van der Waals surface area (Å²) in [5, 5.41) is 0.425. The van der Waals surface area contributed by atoms with Gasteiger partial charge in [0, 0.05) is 44.9 Å². The largest absolute Gasteiger partial charge is 0.497 e. The van der Waals surface area contributed by atoms with Gasteiger partial charge in [-0.15, -0.1) is 0 Å². The first-order valence-corrected chi connectivity index (χ1v) is 13.8. The molecule has 0 radical (unpaired) electrons. The molecule has 0 atom stereocenters. The fourth-order valence-electron chi connectivity index (χ4n) is 5.69. The molecule has 0 saturated carbocycles. The van der Waals surface area contributed by atoms with Crippen LogP contribution in [0.2, 0.25) is 0 Å². The number of hydrogen-bond acceptors (Lipinski definition) is 6. The van der Waals surface area contributed by atoms with E-state index in [9.17, 15) is 9.59 Å². The first-order chi connectivity index (χ1) is 20.4. The van der Waals surface area contributed by atoms with Crippen LogP contribution in [-0.2, 0) is 27.2 Å². The van der Waals surface area contributed by atoms with Crippen LogP contribution in [0, 0.1) is 0 Å². The Labute approximate surface area is 243 Å². The Bertz CT molecular complexity index is 1920. The van der Waals surface area contributed by atoms with Crippen molar-refractivity contribution in [2.24, 2.45) is 14.1 Å². The zero-order valence-electron chi connectivity index (χ0n) is 24.1. The summed E-state index contributed by atoms with van der Waals surface area (Å²) in [5.41, 5.74) is 6.17. The summed E-state index contributed by atoms with van der Waals surface area (Å²) in [6.45, 7) is 1.96. The molecule has 42 heavy (non-hydrogen) atoms. The smallest absolute Gasteiger partial charge is 0.332 e. The van der Waals surface area contributed by atoms with Crippen LogP contribution in [0.25, 0.3) is 33.8 Å². The first kappa shape index (κ1) is 27.2. The quantitative estimate of drug-likeness (QED) is 0.295. The molecule has 0 bridgehead atoms. The molecule has 0 N–H and O–H groups in total. The van der Waals surface area contributed by atoms with E-state index in [4.69, 9.17) is 14.5 Å². The van der Waals surface area contributed by atoms with E-state index in [-0.39, 0.29) is 5.56 Å². The maximum atomic E-state index is 13.8. The summed E-state index contributed by atoms with van der Waals surface area (Å²) >= 11 is 0. The number of methoxy groups -OCH3 is 2. The molecule has 0 fully saturated rings. The minimum absolute atomic E-state index is 0.366. The number of aromatic nitrogens is 3. The van der Waals surface area contributed by atoms with E-state index in [1.165, 1.54) is 17.2 Å². The molecule has 1 aliphatic heterocycles. The molecular weight excluding hydrogens is 528 g/mol. The summed E-state index contributed by atoms with van der Waals surface area (Å²) in [6.07, 6.45) is 2.13. The number of aryl methyl sites for hydroxylation is 1. The predicted molar refractivity (Wildman–Crippen MR) is 166 cm³/mol. The molecule has 212 valence electrons. The second-order valence-electron chi connectivity index (χ2n) is 10.5. The molecular formula is C34H32N4O4. The highest BCUT2D eigenvalue weighted by atomic mass is 16.5. The lowest BCUT2D eigenvalue weighted by atomic mass is 9.89. The minimum Gasteiger partial charge on any atom is -0.497 e. The predicted octanol–water partition coefficient (Wildman–Crippen LogP) is 4.87. The third kappa shape index (κ3) is 4.90. The van der Waals surface area contributed by atoms with E-state index in [1.807, 2.05) is 66.7 Å². The van der Waals surface area contributed by atoms with Crippen molar-refractivity contribution in [1.82, 2.24) is 19.0 Å². The van der Waals surface area contributed by atoms with Gasteiger partial charge in [0.15, 0.2) is 5.65 Å². The standard InChI is InChI=1S/C34H32N4O4/c1-36-32-30(33(39)37(2)34(36)40)29(24-12-16-27(42-4)17-13-24)28-21-38(19-23-8-6-5-7-9-23)20-25(31(28)35-32)18-22-10-14-26(41-3)15-11-22/h5-18H,19-21H2,1-4H3/b25-18+. The zero-order valence-corrected chi connectivity index (χ0v) is 24.1. The van der Waals surface area contributed by atoms with Crippen LogP contribution in [0.1, 0.15) is 22.4 Å². The Morgan fingerprint density at radius 3 is 2.10 bits per heavy atom. The fraction of sp³-hybridized carbons (Fsp3) is 0.206. The summed E-state index contributed by atoms with van der Waals surface area (Å²) in [7, 11) is 6.45. The second-order valence-corrected chi connectivity index (χ2v) is 10.5. The van der Waals surface area contributed by atoms with Gasteiger partial charge in [-0.2, -0.15) is 0 Å². The molecule has 3 aromatic carbocycles. The van der Waals surface area contributed by atoms with Gasteiger partial charge < -0.3 is 9.47 Å². The Hall–Kier alpha value is -4.95. The highest BCUT2D eigenvalue weighted by Crippen LogP contribution is 2.39. The number of benzene rings is 3. The Morgan fingerprint density at radius 2 is 1.45 bits per heavy atom. The van der Waals surface area contributed by atoms with E-state index in [0.717, 1.165) is 56.1 Å². The Morgan fingerprint density at radius 1 is 0.810 bits per heavy atom. The number of pyridine rings is 1. The van der Waals surface area contributed by atoms with Gasteiger partial charge in [0.1, 0.15) is 11.5 Å². The van der Waals surface area contributed by atoms with E-state index in [2.05, 4.69) is 23.1 Å². The van der Waals surface area contributed by atoms with Gasteiger partial charge in [-0.05, 0) is 52.6 Å². The van der Waals surface area contributed by atoms with Crippen molar-refractivity contribution in [3.63, 3.8) is 0 Å². The van der Waals surface area contributed by atoms with Crippen LogP contribution < -0.4 is 20.7 Å². The van der Waals surface area contributed by atoms with Crippen LogP contribution in [-0.4, -0.2) is 39.8 Å². The number of fused-ring (bicyclic) bond motifs is 2. The minimum atomic E-state index is -0.414. The molecule has 0 spiro atoms. The number of rotatable bonds is 6. The van der Waals surface area contributed by atoms with Crippen molar-refractivity contribution in [2.75, 3.05) is 20.8 Å². The third-order valence-corrected chi connectivity index (χ3v) is 7.85. The molecule has 8 nitrogen and oxygen atoms in total. The van der Waals surface area contributed by atoms with Crippen LogP contribution in [0.3, 0.4) is 0 Å². The molecule has 5 aromatic rings. The van der Waals surface area contributed by atoms with E-state index in [0.29, 0.717) is 24.1 Å². The molecule has 2 aromatic heterocycles. The van der Waals surface area contributed by atoms with Crippen molar-refractivity contribution >= 4 is 22.7 Å². The fourth-order valence-corrected chi connectivity index (χ4v) is 5.69. The Balaban J connectivity index is 1.65. The normalized spacial score (nSPS) is 14.2. The number of ether oxygens (including phenoxy) is 2. The molecule has 0 aliphatic carbocycles. The van der Waals surface area contributed by atoms with E-state index in [1.54, 1.807) is 21.3 Å². The highest BCUT2D eigenvalue weighted by Gasteiger charge is 2.29. The summed E-state index contributed by atoms with van der Waals surface area (Å²) in [6, 6.07) is 25.9. The van der Waals surface area contributed by atoms with Gasteiger partial charge in [-0.3, -0.25) is 18.8 Å². The highest BCUT2D eigenvalue weighted by molar-refractivity contribution is 5.98. The summed E-state index contributed by atoms with van der Waals surface area (Å²) in [4.78, 5) is 34.2. The molecule has 3 heterocycles. The van der Waals surface area contributed by atoms with Crippen molar-refractivity contribution in [2.45, 2.75) is 13.1 Å². The molecule has 0 saturated heterocycles. The van der Waals surface area contributed by atoms with E-state index >= 15 is 0 Å². The number of nitrogens with zero attached hydrogens (tertiary/aromatic N) is 4. The monoisotopic (exact) mass is 560 g/mol. The molecule has 1 aliphatic rings. The summed E-state index contributed by atoms with van der Waals surface area (Å²) in [5.74, 6) is 1.50. The lowest BCUT2D eigenvalue weighted by Crippen LogP contribution is -2.38. The van der Waals surface area contributed by atoms with Gasteiger partial charge in [0.2, 0.25) is 0 Å². The zero-order chi connectivity index (χ0) is 29.4. The van der Waals surface area contributed by atoms with Crippen molar-refractivity contribution < 1.29 is 9.47 Å². The molecule has 8 heteroatoms. The lowest BCUT2D eigenvalue weighted by Gasteiger charge is -2.32. The maximum Gasteiger partial charge on any atom is 0.332 e. The van der Waals surface area contributed by atoms with Gasteiger partial charge in [-0.1, -0.05) is 54.6 Å². The number of hydrogen-bond donors (Lipinski definition) is 0. The van der Waals surface area contributed by atoms with Gasteiger partial charge in [0.25, 0.3) is 5.56 Å². The van der Waals surface area contributed by atoms with Crippen LogP contribution >= 0.6 is 0 Å². The SMILES string of the molecule is COc1ccc(/C=C2\CN(Cc3ccccc3)Cc3c2nc2c(c3-c3ccc(OC)cc3)c(=O)n(C)c(=O)n2C)cc1. The first-order valence-electron chi connectivity index (χ1n) is 13.8. The van der Waals surface area contributed by atoms with Gasteiger partial charge in [-0.25, -0.2) is 9.78 Å². The molecule has 0 amide bonds. The molecule has 6 rings (SSSR count). The average molecular weight is 561 g/mol. The van der Waals surface area contributed by atoms with E-state index < -0.39 is 5.69 Å². The Kier molecular flexibility index (Phi) is 7.22. The van der Waals surface area contributed by atoms with Crippen molar-refractivity contribution in [3.05, 3.63) is 122 Å². The van der Waals surface area contributed by atoms with Crippen LogP contribution in [0.15, 0.2) is 88.5 Å². The van der Waals surface area contributed by atoms with Crippen molar-refractivity contribution in [1.29, 1.82) is 0 Å². The average Bonchev–Trinajstić information content (AvgIpc) is 3.03. The third-order valence-electron chi connectivity index (χ3n) is 7.85. The topological polar surface area (TPSA) is 78.6 Å². The van der Waals surface area contributed by atoms with Crippen LogP contribution in [0.5, 0.6) is 11.5 Å². The second kappa shape index (κ2) is 11.1. The lowest BCUT2D eigenvalue weighted by molar-refractivity contribution is 0.283. The van der Waals surface area contributed by atoms with Gasteiger partial charge >= 0.3 is 5.69 Å². The van der Waals surface area contributed by atoms with Crippen LogP contribution in [0.4, 0.5) is 0 Å². The summed E-state index contributed by atoms with van der Waals surface area (Å²) < 4.78 is 13.4. The van der Waals surface area contributed by atoms with Gasteiger partial charge in [0.05, 0.1) is 25.3 Å².